The van der Waals surface area contributed by atoms with Gasteiger partial charge in [-0.05, 0) is 53.2 Å². The summed E-state index contributed by atoms with van der Waals surface area (Å²) in [5.74, 6) is -1.09. The Morgan fingerprint density at radius 3 is 2.39 bits per heavy atom. The molecule has 0 aliphatic rings. The SMILES string of the molecule is CCOc1ccc(C(C(=O)NCc2ccccc2)N(Cc2cccs2)C(=O)c2snc(C(N)=O)c2N)cc1. The molecule has 0 saturated carbocycles. The standard InChI is InChI=1S/C27H27N5O4S2/c1-2-36-19-12-10-18(11-13-19)23(26(34)30-15-17-7-4-3-5-8-17)32(16-20-9-6-14-37-20)27(35)24-21(28)22(25(29)33)31-38-24/h3-14,23H,2,15-16,28H2,1H3,(H2,29,33)(H,30,34). The molecule has 0 saturated heterocycles. The number of nitrogen functional groups attached to an aromatic ring is 1. The lowest BCUT2D eigenvalue weighted by atomic mass is 10.0. The van der Waals surface area contributed by atoms with Crippen LogP contribution in [-0.2, 0) is 17.9 Å². The molecule has 5 N–H and O–H groups in total. The Labute approximate surface area is 228 Å². The van der Waals surface area contributed by atoms with Crippen LogP contribution in [0.2, 0.25) is 0 Å². The van der Waals surface area contributed by atoms with E-state index in [-0.39, 0.29) is 35.3 Å². The normalized spacial score (nSPS) is 11.5. The number of thiophene rings is 1. The molecule has 38 heavy (non-hydrogen) atoms. The zero-order chi connectivity index (χ0) is 27.1. The van der Waals surface area contributed by atoms with E-state index < -0.39 is 17.9 Å². The van der Waals surface area contributed by atoms with Crippen molar-refractivity contribution in [2.75, 3.05) is 12.3 Å². The number of benzene rings is 2. The van der Waals surface area contributed by atoms with Gasteiger partial charge in [-0.3, -0.25) is 14.4 Å². The van der Waals surface area contributed by atoms with Crippen molar-refractivity contribution < 1.29 is 19.1 Å². The van der Waals surface area contributed by atoms with Crippen molar-refractivity contribution in [3.63, 3.8) is 0 Å². The number of anilines is 1. The third-order valence-corrected chi connectivity index (χ3v) is 7.41. The topological polar surface area (TPSA) is 141 Å². The summed E-state index contributed by atoms with van der Waals surface area (Å²) in [6.07, 6.45) is 0. The fourth-order valence-corrected chi connectivity index (χ4v) is 5.34. The first-order valence-corrected chi connectivity index (χ1v) is 13.5. The Hall–Kier alpha value is -4.22. The third kappa shape index (κ3) is 6.18. The van der Waals surface area contributed by atoms with E-state index in [4.69, 9.17) is 16.2 Å². The van der Waals surface area contributed by atoms with E-state index in [1.807, 2.05) is 54.8 Å². The molecule has 0 spiro atoms. The van der Waals surface area contributed by atoms with Crippen LogP contribution in [-0.4, -0.2) is 33.6 Å². The molecule has 1 unspecified atom stereocenters. The van der Waals surface area contributed by atoms with Gasteiger partial charge in [-0.1, -0.05) is 48.5 Å². The van der Waals surface area contributed by atoms with Gasteiger partial charge in [0.2, 0.25) is 5.91 Å². The van der Waals surface area contributed by atoms with Gasteiger partial charge in [0, 0.05) is 11.4 Å². The minimum absolute atomic E-state index is 0.0437. The van der Waals surface area contributed by atoms with Crippen LogP contribution in [0.1, 0.15) is 49.1 Å². The maximum Gasteiger partial charge on any atom is 0.270 e. The highest BCUT2D eigenvalue weighted by atomic mass is 32.1. The molecular weight excluding hydrogens is 522 g/mol. The Morgan fingerprint density at radius 2 is 1.79 bits per heavy atom. The number of nitrogens with two attached hydrogens (primary N) is 2. The molecule has 0 fully saturated rings. The first-order chi connectivity index (χ1) is 18.4. The van der Waals surface area contributed by atoms with E-state index in [0.29, 0.717) is 17.9 Å². The van der Waals surface area contributed by atoms with E-state index in [2.05, 4.69) is 9.69 Å². The zero-order valence-electron chi connectivity index (χ0n) is 20.6. The third-order valence-electron chi connectivity index (χ3n) is 5.70. The smallest absolute Gasteiger partial charge is 0.270 e. The summed E-state index contributed by atoms with van der Waals surface area (Å²) in [4.78, 5) is 41.8. The van der Waals surface area contributed by atoms with Gasteiger partial charge in [0.1, 0.15) is 16.7 Å². The van der Waals surface area contributed by atoms with E-state index in [1.54, 1.807) is 24.3 Å². The van der Waals surface area contributed by atoms with Crippen LogP contribution in [0.15, 0.2) is 72.1 Å². The van der Waals surface area contributed by atoms with Gasteiger partial charge in [0.15, 0.2) is 5.69 Å². The first-order valence-electron chi connectivity index (χ1n) is 11.8. The summed E-state index contributed by atoms with van der Waals surface area (Å²) in [6.45, 7) is 2.80. The van der Waals surface area contributed by atoms with Crippen LogP contribution in [0.25, 0.3) is 0 Å². The van der Waals surface area contributed by atoms with E-state index >= 15 is 0 Å². The highest BCUT2D eigenvalue weighted by Crippen LogP contribution is 2.31. The fraction of sp³-hybridized carbons (Fsp3) is 0.185. The van der Waals surface area contributed by atoms with E-state index in [0.717, 1.165) is 22.0 Å². The van der Waals surface area contributed by atoms with Crippen molar-refractivity contribution in [1.29, 1.82) is 0 Å². The monoisotopic (exact) mass is 549 g/mol. The lowest BCUT2D eigenvalue weighted by Crippen LogP contribution is -2.43. The molecule has 3 amide bonds. The van der Waals surface area contributed by atoms with E-state index in [1.165, 1.54) is 16.2 Å². The number of hydrogen-bond acceptors (Lipinski definition) is 8. The maximum atomic E-state index is 14.0. The Morgan fingerprint density at radius 1 is 1.05 bits per heavy atom. The molecule has 2 aromatic carbocycles. The molecule has 4 rings (SSSR count). The second kappa shape index (κ2) is 12.3. The Kier molecular flexibility index (Phi) is 8.72. The summed E-state index contributed by atoms with van der Waals surface area (Å²) in [5.41, 5.74) is 12.7. The number of hydrogen-bond donors (Lipinski definition) is 3. The lowest BCUT2D eigenvalue weighted by molar-refractivity contribution is -0.126. The number of aromatic nitrogens is 1. The van der Waals surface area contributed by atoms with Crippen LogP contribution in [0, 0.1) is 0 Å². The molecule has 0 radical (unpaired) electrons. The Balaban J connectivity index is 1.75. The molecule has 9 nitrogen and oxygen atoms in total. The van der Waals surface area contributed by atoms with Crippen molar-refractivity contribution in [2.24, 2.45) is 5.73 Å². The molecular formula is C27H27N5O4S2. The highest BCUT2D eigenvalue weighted by molar-refractivity contribution is 7.10. The number of carbonyl (C=O) groups excluding carboxylic acids is 3. The van der Waals surface area contributed by atoms with Crippen molar-refractivity contribution in [3.05, 3.63) is 98.7 Å². The summed E-state index contributed by atoms with van der Waals surface area (Å²) >= 11 is 2.24. The first kappa shape index (κ1) is 26.8. The van der Waals surface area contributed by atoms with Gasteiger partial charge in [-0.25, -0.2) is 0 Å². The van der Waals surface area contributed by atoms with Gasteiger partial charge in [0.25, 0.3) is 11.8 Å². The molecule has 0 aliphatic carbocycles. The molecule has 1 atom stereocenters. The minimum Gasteiger partial charge on any atom is -0.494 e. The minimum atomic E-state index is -1.01. The molecule has 2 aromatic heterocycles. The molecule has 0 bridgehead atoms. The second-order valence-corrected chi connectivity index (χ2v) is 10.1. The van der Waals surface area contributed by atoms with Gasteiger partial charge < -0.3 is 26.4 Å². The number of carbonyl (C=O) groups is 3. The number of nitrogens with zero attached hydrogens (tertiary/aromatic N) is 2. The fourth-order valence-electron chi connectivity index (χ4n) is 3.88. The summed E-state index contributed by atoms with van der Waals surface area (Å²) < 4.78 is 9.54. The van der Waals surface area contributed by atoms with Crippen LogP contribution in [0.4, 0.5) is 5.69 Å². The van der Waals surface area contributed by atoms with Crippen LogP contribution in [0.5, 0.6) is 5.75 Å². The largest absolute Gasteiger partial charge is 0.494 e. The second-order valence-electron chi connectivity index (χ2n) is 8.26. The van der Waals surface area contributed by atoms with E-state index in [9.17, 15) is 14.4 Å². The summed E-state index contributed by atoms with van der Waals surface area (Å²) in [7, 11) is 0. The van der Waals surface area contributed by atoms with Gasteiger partial charge in [-0.15, -0.1) is 11.3 Å². The number of nitrogens with one attached hydrogen (secondary N) is 1. The number of primary amides is 1. The average Bonchev–Trinajstić information content (AvgIpc) is 3.58. The lowest BCUT2D eigenvalue weighted by Gasteiger charge is -2.31. The molecule has 196 valence electrons. The van der Waals surface area contributed by atoms with Gasteiger partial charge >= 0.3 is 0 Å². The Bertz CT molecular complexity index is 1390. The van der Waals surface area contributed by atoms with Crippen molar-refractivity contribution >= 4 is 46.3 Å². The van der Waals surface area contributed by atoms with Crippen LogP contribution >= 0.6 is 22.9 Å². The molecule has 4 aromatic rings. The van der Waals surface area contributed by atoms with Crippen LogP contribution < -0.4 is 21.5 Å². The summed E-state index contributed by atoms with van der Waals surface area (Å²) in [5, 5.41) is 4.86. The number of ether oxygens (including phenoxy) is 1. The summed E-state index contributed by atoms with van der Waals surface area (Å²) in [6, 6.07) is 19.3. The average molecular weight is 550 g/mol. The quantitative estimate of drug-likeness (QED) is 0.258. The highest BCUT2D eigenvalue weighted by Gasteiger charge is 2.35. The maximum absolute atomic E-state index is 14.0. The van der Waals surface area contributed by atoms with Gasteiger partial charge in [-0.2, -0.15) is 4.37 Å². The molecule has 2 heterocycles. The zero-order valence-corrected chi connectivity index (χ0v) is 22.3. The molecule has 11 heteroatoms. The predicted octanol–water partition coefficient (Wildman–Crippen LogP) is 3.98. The van der Waals surface area contributed by atoms with Gasteiger partial charge in [0.05, 0.1) is 18.8 Å². The van der Waals surface area contributed by atoms with Crippen molar-refractivity contribution in [3.8, 4) is 5.75 Å². The predicted molar refractivity (Wildman–Crippen MR) is 148 cm³/mol. The molecule has 0 aliphatic heterocycles. The van der Waals surface area contributed by atoms with Crippen LogP contribution in [0.3, 0.4) is 0 Å². The van der Waals surface area contributed by atoms with Crippen molar-refractivity contribution in [2.45, 2.75) is 26.1 Å². The van der Waals surface area contributed by atoms with Crippen molar-refractivity contribution in [1.82, 2.24) is 14.6 Å². The number of amides is 3. The number of rotatable bonds is 11.